The number of nitrogens with two attached hydrogens (primary N) is 1. The van der Waals surface area contributed by atoms with Gasteiger partial charge < -0.3 is 15.2 Å². The minimum atomic E-state index is -4.41. The van der Waals surface area contributed by atoms with Gasteiger partial charge in [0.05, 0.1) is 31.0 Å². The summed E-state index contributed by atoms with van der Waals surface area (Å²) in [6.45, 7) is 2.10. The van der Waals surface area contributed by atoms with Crippen LogP contribution in [0.25, 0.3) is 0 Å². The first-order valence-electron chi connectivity index (χ1n) is 10.1. The zero-order chi connectivity index (χ0) is 23.8. The molecule has 1 unspecified atom stereocenters. The third-order valence-corrected chi connectivity index (χ3v) is 7.23. The molecular formula is C24H21N3O5S. The van der Waals surface area contributed by atoms with E-state index in [0.717, 1.165) is 0 Å². The molecule has 8 nitrogen and oxygen atoms in total. The third kappa shape index (κ3) is 3.31. The summed E-state index contributed by atoms with van der Waals surface area (Å²) in [5.74, 6) is -0.448. The predicted molar refractivity (Wildman–Crippen MR) is 121 cm³/mol. The van der Waals surface area contributed by atoms with Crippen LogP contribution in [0.3, 0.4) is 0 Å². The Bertz CT molecular complexity index is 1400. The molecule has 0 fully saturated rings. The number of sulfonamides is 1. The number of carbonyl (C=O) groups is 1. The van der Waals surface area contributed by atoms with E-state index in [1.165, 1.54) is 43.5 Å². The lowest BCUT2D eigenvalue weighted by Crippen LogP contribution is -2.49. The van der Waals surface area contributed by atoms with Crippen molar-refractivity contribution >= 4 is 21.6 Å². The summed E-state index contributed by atoms with van der Waals surface area (Å²) >= 11 is 0. The monoisotopic (exact) mass is 463 g/mol. The van der Waals surface area contributed by atoms with Crippen molar-refractivity contribution in [3.63, 3.8) is 0 Å². The van der Waals surface area contributed by atoms with E-state index >= 15 is 0 Å². The average Bonchev–Trinajstić information content (AvgIpc) is 3.06. The maximum atomic E-state index is 13.9. The van der Waals surface area contributed by atoms with Gasteiger partial charge in [0.25, 0.3) is 15.9 Å². The van der Waals surface area contributed by atoms with Gasteiger partial charge in [-0.25, -0.2) is 12.7 Å². The fourth-order valence-electron chi connectivity index (χ4n) is 3.99. The van der Waals surface area contributed by atoms with Crippen molar-refractivity contribution in [2.24, 2.45) is 5.73 Å². The number of methoxy groups -OCH3 is 1. The lowest BCUT2D eigenvalue weighted by molar-refractivity contribution is -0.120. The number of anilines is 1. The number of amides is 1. The highest BCUT2D eigenvalue weighted by molar-refractivity contribution is 7.93. The number of para-hydroxylation sites is 2. The number of fused-ring (bicyclic) bond motifs is 1. The van der Waals surface area contributed by atoms with Crippen LogP contribution in [0.1, 0.15) is 23.6 Å². The van der Waals surface area contributed by atoms with Crippen LogP contribution < -0.4 is 19.5 Å². The van der Waals surface area contributed by atoms with Gasteiger partial charge in [-0.05, 0) is 43.3 Å². The van der Waals surface area contributed by atoms with Crippen LogP contribution in [0.4, 0.5) is 5.69 Å². The highest BCUT2D eigenvalue weighted by Crippen LogP contribution is 2.48. The van der Waals surface area contributed by atoms with Gasteiger partial charge in [-0.3, -0.25) is 4.79 Å². The topological polar surface area (TPSA) is 123 Å². The Labute approximate surface area is 191 Å². The molecule has 0 bridgehead atoms. The van der Waals surface area contributed by atoms with E-state index in [0.29, 0.717) is 22.2 Å². The Morgan fingerprint density at radius 2 is 1.70 bits per heavy atom. The van der Waals surface area contributed by atoms with Crippen LogP contribution in [0.2, 0.25) is 0 Å². The summed E-state index contributed by atoms with van der Waals surface area (Å²) < 4.78 is 39.1. The molecule has 0 saturated carbocycles. The van der Waals surface area contributed by atoms with Crippen molar-refractivity contribution in [1.82, 2.24) is 0 Å². The molecule has 168 valence electrons. The molecule has 1 atom stereocenters. The highest BCUT2D eigenvalue weighted by Gasteiger charge is 2.55. The van der Waals surface area contributed by atoms with Crippen molar-refractivity contribution in [1.29, 1.82) is 5.26 Å². The molecular weight excluding hydrogens is 442 g/mol. The van der Waals surface area contributed by atoms with Gasteiger partial charge in [0.1, 0.15) is 16.4 Å². The number of carbonyl (C=O) groups excluding carboxylic acids is 1. The normalized spacial score (nSPS) is 17.4. The van der Waals surface area contributed by atoms with Crippen LogP contribution in [0, 0.1) is 11.3 Å². The van der Waals surface area contributed by atoms with Gasteiger partial charge in [0.2, 0.25) is 0 Å². The van der Waals surface area contributed by atoms with Crippen LogP contribution in [0.15, 0.2) is 71.6 Å². The molecule has 4 rings (SSSR count). The molecule has 0 radical (unpaired) electrons. The van der Waals surface area contributed by atoms with E-state index in [1.54, 1.807) is 37.3 Å². The number of nitrogens with zero attached hydrogens (tertiary/aromatic N) is 2. The van der Waals surface area contributed by atoms with Gasteiger partial charge in [-0.2, -0.15) is 5.26 Å². The molecule has 3 aromatic carbocycles. The van der Waals surface area contributed by atoms with Crippen molar-refractivity contribution < 1.29 is 22.7 Å². The summed E-state index contributed by atoms with van der Waals surface area (Å²) in [6, 6.07) is 19.0. The summed E-state index contributed by atoms with van der Waals surface area (Å²) in [6.07, 6.45) is 0. The Morgan fingerprint density at radius 1 is 1.03 bits per heavy atom. The molecule has 1 amide bonds. The van der Waals surface area contributed by atoms with Gasteiger partial charge in [-0.1, -0.05) is 30.3 Å². The molecule has 1 aliphatic heterocycles. The van der Waals surface area contributed by atoms with E-state index in [9.17, 15) is 18.5 Å². The fraction of sp³-hybridized carbons (Fsp3) is 0.167. The van der Waals surface area contributed by atoms with Gasteiger partial charge >= 0.3 is 0 Å². The molecule has 0 saturated heterocycles. The van der Waals surface area contributed by atoms with Crippen LogP contribution in [-0.2, 0) is 20.4 Å². The largest absolute Gasteiger partial charge is 0.495 e. The van der Waals surface area contributed by atoms with Gasteiger partial charge in [-0.15, -0.1) is 0 Å². The Kier molecular flexibility index (Phi) is 5.57. The first kappa shape index (κ1) is 22.3. The average molecular weight is 464 g/mol. The van der Waals surface area contributed by atoms with E-state index < -0.39 is 21.5 Å². The second-order valence-corrected chi connectivity index (χ2v) is 9.06. The summed E-state index contributed by atoms with van der Waals surface area (Å²) in [5, 5.41) is 9.44. The minimum absolute atomic E-state index is 0.0682. The zero-order valence-corrected chi connectivity index (χ0v) is 18.8. The zero-order valence-electron chi connectivity index (χ0n) is 18.0. The molecule has 3 aromatic rings. The van der Waals surface area contributed by atoms with Gasteiger partial charge in [0.15, 0.2) is 5.54 Å². The van der Waals surface area contributed by atoms with Crippen molar-refractivity contribution in [3.05, 3.63) is 83.4 Å². The lowest BCUT2D eigenvalue weighted by Gasteiger charge is -2.26. The summed E-state index contributed by atoms with van der Waals surface area (Å²) in [7, 11) is -3.07. The van der Waals surface area contributed by atoms with Crippen LogP contribution >= 0.6 is 0 Å². The lowest BCUT2D eigenvalue weighted by atomic mass is 9.83. The standard InChI is InChI=1S/C24H21N3O5S/c1-3-32-20-9-5-4-8-17(20)24(26)18-14-16(15-25)12-13-19(18)27(23(24)28)33(29,30)22-11-7-6-10-21(22)31-2/h4-14H,3,26H2,1-2H3. The quantitative estimate of drug-likeness (QED) is 0.596. The second kappa shape index (κ2) is 8.24. The maximum Gasteiger partial charge on any atom is 0.274 e. The highest BCUT2D eigenvalue weighted by atomic mass is 32.2. The van der Waals surface area contributed by atoms with Crippen LogP contribution in [0.5, 0.6) is 11.5 Å². The van der Waals surface area contributed by atoms with E-state index in [2.05, 4.69) is 0 Å². The first-order chi connectivity index (χ1) is 15.8. The molecule has 33 heavy (non-hydrogen) atoms. The first-order valence-corrected chi connectivity index (χ1v) is 11.5. The fourth-order valence-corrected chi connectivity index (χ4v) is 5.62. The SMILES string of the molecule is CCOc1ccccc1C1(N)C(=O)N(S(=O)(=O)c2ccccc2OC)c2ccc(C#N)cc21. The number of hydrogen-bond donors (Lipinski definition) is 1. The third-order valence-electron chi connectivity index (χ3n) is 5.49. The Hall–Kier alpha value is -3.87. The van der Waals surface area contributed by atoms with E-state index in [-0.39, 0.29) is 27.5 Å². The summed E-state index contributed by atoms with van der Waals surface area (Å²) in [5.41, 5.74) is 5.64. The smallest absolute Gasteiger partial charge is 0.274 e. The number of benzene rings is 3. The molecule has 2 N–H and O–H groups in total. The predicted octanol–water partition coefficient (Wildman–Crippen LogP) is 2.90. The van der Waals surface area contributed by atoms with Crippen LogP contribution in [-0.4, -0.2) is 28.0 Å². The van der Waals surface area contributed by atoms with Gasteiger partial charge in [0, 0.05) is 11.1 Å². The summed E-state index contributed by atoms with van der Waals surface area (Å²) in [4.78, 5) is 13.7. The van der Waals surface area contributed by atoms with E-state index in [1.807, 2.05) is 6.07 Å². The number of nitriles is 1. The Morgan fingerprint density at radius 3 is 2.36 bits per heavy atom. The van der Waals surface area contributed by atoms with Crippen molar-refractivity contribution in [3.8, 4) is 17.6 Å². The number of hydrogen-bond acceptors (Lipinski definition) is 7. The molecule has 1 heterocycles. The molecule has 9 heteroatoms. The molecule has 0 spiro atoms. The number of rotatable bonds is 6. The second-order valence-electron chi connectivity index (χ2n) is 7.31. The Balaban J connectivity index is 2.01. The molecule has 1 aliphatic rings. The van der Waals surface area contributed by atoms with Crippen molar-refractivity contribution in [2.45, 2.75) is 17.4 Å². The molecule has 0 aliphatic carbocycles. The number of ether oxygens (including phenoxy) is 2. The molecule has 0 aromatic heterocycles. The van der Waals surface area contributed by atoms with Crippen molar-refractivity contribution in [2.75, 3.05) is 18.0 Å². The minimum Gasteiger partial charge on any atom is -0.495 e. The van der Waals surface area contributed by atoms with E-state index in [4.69, 9.17) is 15.2 Å². The maximum absolute atomic E-state index is 13.9.